The second-order valence-corrected chi connectivity index (χ2v) is 6.37. The molecule has 1 aliphatic heterocycles. The van der Waals surface area contributed by atoms with E-state index in [0.717, 1.165) is 27.2 Å². The second-order valence-electron chi connectivity index (χ2n) is 5.51. The number of fused-ring (bicyclic) bond motifs is 1. The fraction of sp³-hybridized carbons (Fsp3) is 0.176. The van der Waals surface area contributed by atoms with Crippen LogP contribution in [-0.4, -0.2) is 15.7 Å². The number of rotatable bonds is 3. The number of amides is 1. The van der Waals surface area contributed by atoms with E-state index in [0.29, 0.717) is 13.0 Å². The first-order chi connectivity index (χ1) is 11.2. The van der Waals surface area contributed by atoms with E-state index in [1.165, 1.54) is 0 Å². The van der Waals surface area contributed by atoms with Crippen LogP contribution < -0.4 is 5.32 Å². The van der Waals surface area contributed by atoms with Crippen LogP contribution in [0.25, 0.3) is 0 Å². The number of nitrogens with zero attached hydrogens (tertiary/aromatic N) is 2. The van der Waals surface area contributed by atoms with Crippen LogP contribution in [0.2, 0.25) is 0 Å². The molecule has 2 aromatic heterocycles. The molecular formula is C17H14BrN3O2. The lowest BCUT2D eigenvalue weighted by Gasteiger charge is -2.24. The molecule has 1 aliphatic rings. The highest BCUT2D eigenvalue weighted by Gasteiger charge is 2.31. The molecule has 0 bridgehead atoms. The molecule has 5 nitrogen and oxygen atoms in total. The van der Waals surface area contributed by atoms with Crippen molar-refractivity contribution in [3.63, 3.8) is 0 Å². The molecule has 4 rings (SSSR count). The van der Waals surface area contributed by atoms with Crippen LogP contribution >= 0.6 is 15.9 Å². The fourth-order valence-corrected chi connectivity index (χ4v) is 3.54. The van der Waals surface area contributed by atoms with Crippen molar-refractivity contribution >= 4 is 27.7 Å². The molecule has 3 heterocycles. The van der Waals surface area contributed by atoms with Gasteiger partial charge in [-0.3, -0.25) is 4.79 Å². The predicted octanol–water partition coefficient (Wildman–Crippen LogP) is 3.76. The van der Waals surface area contributed by atoms with E-state index in [1.807, 2.05) is 42.6 Å². The molecule has 3 aromatic rings. The van der Waals surface area contributed by atoms with Crippen molar-refractivity contribution < 1.29 is 9.21 Å². The molecule has 0 radical (unpaired) electrons. The summed E-state index contributed by atoms with van der Waals surface area (Å²) < 4.78 is 8.15. The molecule has 0 fully saturated rings. The first-order valence-electron chi connectivity index (χ1n) is 7.35. The van der Waals surface area contributed by atoms with Crippen LogP contribution in [0.15, 0.2) is 57.7 Å². The van der Waals surface area contributed by atoms with Crippen LogP contribution in [-0.2, 0) is 11.3 Å². The van der Waals surface area contributed by atoms with Crippen molar-refractivity contribution in [2.45, 2.75) is 18.9 Å². The van der Waals surface area contributed by atoms with Gasteiger partial charge in [0, 0.05) is 22.4 Å². The van der Waals surface area contributed by atoms with E-state index in [9.17, 15) is 4.79 Å². The van der Waals surface area contributed by atoms with E-state index >= 15 is 0 Å². The number of carbonyl (C=O) groups excluding carboxylic acids is 1. The first-order valence-corrected chi connectivity index (χ1v) is 8.14. The zero-order valence-electron chi connectivity index (χ0n) is 12.2. The van der Waals surface area contributed by atoms with Crippen molar-refractivity contribution in [3.05, 3.63) is 70.2 Å². The van der Waals surface area contributed by atoms with E-state index in [4.69, 9.17) is 4.42 Å². The molecule has 1 unspecified atom stereocenters. The number of anilines is 1. The smallest absolute Gasteiger partial charge is 0.226 e. The number of aromatic nitrogens is 2. The van der Waals surface area contributed by atoms with E-state index < -0.39 is 0 Å². The van der Waals surface area contributed by atoms with Crippen LogP contribution in [0.4, 0.5) is 5.82 Å². The summed E-state index contributed by atoms with van der Waals surface area (Å²) >= 11 is 3.59. The molecule has 0 aliphatic carbocycles. The minimum absolute atomic E-state index is 0.000300. The highest BCUT2D eigenvalue weighted by molar-refractivity contribution is 9.10. The summed E-state index contributed by atoms with van der Waals surface area (Å²) in [5.41, 5.74) is 2.13. The maximum Gasteiger partial charge on any atom is 0.226 e. The van der Waals surface area contributed by atoms with Gasteiger partial charge in [0.25, 0.3) is 0 Å². The van der Waals surface area contributed by atoms with Gasteiger partial charge < -0.3 is 9.73 Å². The predicted molar refractivity (Wildman–Crippen MR) is 89.3 cm³/mol. The Balaban J connectivity index is 1.75. The lowest BCUT2D eigenvalue weighted by Crippen LogP contribution is -2.25. The van der Waals surface area contributed by atoms with Crippen molar-refractivity contribution in [1.82, 2.24) is 9.78 Å². The number of furan rings is 1. The molecule has 1 aromatic carbocycles. The molecule has 1 N–H and O–H groups in total. The van der Waals surface area contributed by atoms with Gasteiger partial charge in [0.15, 0.2) is 0 Å². The lowest BCUT2D eigenvalue weighted by molar-refractivity contribution is -0.116. The largest absolute Gasteiger partial charge is 0.467 e. The number of nitrogens with one attached hydrogen (secondary N) is 1. The summed E-state index contributed by atoms with van der Waals surface area (Å²) in [7, 11) is 0. The van der Waals surface area contributed by atoms with Gasteiger partial charge >= 0.3 is 0 Å². The maximum absolute atomic E-state index is 12.2. The summed E-state index contributed by atoms with van der Waals surface area (Å²) in [6.45, 7) is 0.491. The van der Waals surface area contributed by atoms with E-state index in [2.05, 4.69) is 26.3 Å². The average molecular weight is 372 g/mol. The first kappa shape index (κ1) is 14.3. The van der Waals surface area contributed by atoms with Crippen molar-refractivity contribution in [1.29, 1.82) is 0 Å². The number of benzene rings is 1. The molecular weight excluding hydrogens is 358 g/mol. The SMILES string of the molecule is O=C1CC(c2ccccc2Br)c2cnn(Cc3ccco3)c2N1. The van der Waals surface area contributed by atoms with E-state index in [-0.39, 0.29) is 11.8 Å². The number of hydrogen-bond donors (Lipinski definition) is 1. The minimum atomic E-state index is -0.000511. The highest BCUT2D eigenvalue weighted by Crippen LogP contribution is 2.39. The number of hydrogen-bond acceptors (Lipinski definition) is 3. The highest BCUT2D eigenvalue weighted by atomic mass is 79.9. The van der Waals surface area contributed by atoms with Gasteiger partial charge in [0.05, 0.1) is 12.5 Å². The van der Waals surface area contributed by atoms with Crippen molar-refractivity contribution in [2.24, 2.45) is 0 Å². The molecule has 23 heavy (non-hydrogen) atoms. The van der Waals surface area contributed by atoms with Gasteiger partial charge in [0.1, 0.15) is 18.1 Å². The summed E-state index contributed by atoms with van der Waals surface area (Å²) in [4.78, 5) is 12.2. The van der Waals surface area contributed by atoms with Gasteiger partial charge in [0.2, 0.25) is 5.91 Å². The molecule has 1 atom stereocenters. The summed E-state index contributed by atoms with van der Waals surface area (Å²) in [5, 5.41) is 7.38. The van der Waals surface area contributed by atoms with Crippen LogP contribution in [0.3, 0.4) is 0 Å². The molecule has 6 heteroatoms. The van der Waals surface area contributed by atoms with Crippen molar-refractivity contribution in [2.75, 3.05) is 5.32 Å². The van der Waals surface area contributed by atoms with Crippen molar-refractivity contribution in [3.8, 4) is 0 Å². The quantitative estimate of drug-likeness (QED) is 0.762. The number of carbonyl (C=O) groups is 1. The standard InChI is InChI=1S/C17H14BrN3O2/c18-15-6-2-1-5-12(15)13-8-16(22)20-17-14(13)9-19-21(17)10-11-4-3-7-23-11/h1-7,9,13H,8,10H2,(H,20,22). The third kappa shape index (κ3) is 2.59. The lowest BCUT2D eigenvalue weighted by atomic mass is 9.87. The van der Waals surface area contributed by atoms with Gasteiger partial charge in [-0.1, -0.05) is 34.1 Å². The Labute approximate surface area is 141 Å². The van der Waals surface area contributed by atoms with Crippen LogP contribution in [0, 0.1) is 0 Å². The molecule has 0 saturated heterocycles. The third-order valence-corrected chi connectivity index (χ3v) is 4.78. The van der Waals surface area contributed by atoms with E-state index in [1.54, 1.807) is 10.9 Å². The maximum atomic E-state index is 12.2. The summed E-state index contributed by atoms with van der Waals surface area (Å²) in [6.07, 6.45) is 3.89. The monoisotopic (exact) mass is 371 g/mol. The molecule has 1 amide bonds. The average Bonchev–Trinajstić information content (AvgIpc) is 3.18. The van der Waals surface area contributed by atoms with Gasteiger partial charge in [-0.25, -0.2) is 4.68 Å². The minimum Gasteiger partial charge on any atom is -0.467 e. The second kappa shape index (κ2) is 5.70. The Morgan fingerprint density at radius 2 is 2.13 bits per heavy atom. The molecule has 0 saturated carbocycles. The Kier molecular flexibility index (Phi) is 3.53. The Morgan fingerprint density at radius 1 is 1.26 bits per heavy atom. The van der Waals surface area contributed by atoms with Crippen LogP contribution in [0.1, 0.15) is 29.2 Å². The zero-order valence-corrected chi connectivity index (χ0v) is 13.8. The van der Waals surface area contributed by atoms with Crippen LogP contribution in [0.5, 0.6) is 0 Å². The third-order valence-electron chi connectivity index (χ3n) is 4.06. The zero-order chi connectivity index (χ0) is 15.8. The normalized spacial score (nSPS) is 16.9. The summed E-state index contributed by atoms with van der Waals surface area (Å²) in [5.74, 6) is 1.55. The van der Waals surface area contributed by atoms with Gasteiger partial charge in [-0.15, -0.1) is 0 Å². The Morgan fingerprint density at radius 3 is 2.91 bits per heavy atom. The van der Waals surface area contributed by atoms with Gasteiger partial charge in [-0.2, -0.15) is 5.10 Å². The topological polar surface area (TPSA) is 60.1 Å². The van der Waals surface area contributed by atoms with Gasteiger partial charge in [-0.05, 0) is 23.8 Å². The fourth-order valence-electron chi connectivity index (χ4n) is 2.98. The number of halogens is 1. The Hall–Kier alpha value is -2.34. The Bertz CT molecular complexity index is 855. The molecule has 116 valence electrons. The summed E-state index contributed by atoms with van der Waals surface area (Å²) in [6, 6.07) is 11.7. The molecule has 0 spiro atoms.